The molecule has 0 saturated carbocycles. The summed E-state index contributed by atoms with van der Waals surface area (Å²) in [5, 5.41) is 5.54. The van der Waals surface area contributed by atoms with E-state index in [-0.39, 0.29) is 5.91 Å². The van der Waals surface area contributed by atoms with Gasteiger partial charge < -0.3 is 10.1 Å². The minimum absolute atomic E-state index is 0.144. The van der Waals surface area contributed by atoms with E-state index < -0.39 is 5.97 Å². The highest BCUT2D eigenvalue weighted by Gasteiger charge is 2.27. The Labute approximate surface area is 197 Å². The molecule has 0 radical (unpaired) electrons. The largest absolute Gasteiger partial charge is 0.465 e. The lowest BCUT2D eigenvalue weighted by Crippen LogP contribution is -2.16. The molecule has 4 nitrogen and oxygen atoms in total. The Hall–Kier alpha value is -2.44. The molecule has 1 aromatic carbocycles. The van der Waals surface area contributed by atoms with Crippen molar-refractivity contribution in [3.63, 3.8) is 0 Å². The molecule has 1 N–H and O–H groups in total. The van der Waals surface area contributed by atoms with Gasteiger partial charge in [0.05, 0.1) is 12.7 Å². The molecule has 168 valence electrons. The van der Waals surface area contributed by atoms with E-state index in [0.29, 0.717) is 16.5 Å². The molecule has 0 atom stereocenters. The first kappa shape index (κ1) is 22.7. The molecular weight excluding hydrogens is 438 g/mol. The number of fused-ring (bicyclic) bond motifs is 1. The smallest absolute Gasteiger partial charge is 0.341 e. The minimum atomic E-state index is -0.432. The maximum Gasteiger partial charge on any atom is 0.341 e. The minimum Gasteiger partial charge on any atom is -0.465 e. The van der Waals surface area contributed by atoms with Crippen molar-refractivity contribution in [1.82, 2.24) is 0 Å². The number of thiophene rings is 2. The van der Waals surface area contributed by atoms with Gasteiger partial charge in [0.25, 0.3) is 5.91 Å². The fraction of sp³-hybridized carbons (Fsp3) is 0.385. The van der Waals surface area contributed by atoms with Gasteiger partial charge in [0.15, 0.2) is 0 Å². The Morgan fingerprint density at radius 3 is 2.53 bits per heavy atom. The van der Waals surface area contributed by atoms with Gasteiger partial charge >= 0.3 is 5.97 Å². The Bertz CT molecular complexity index is 1140. The van der Waals surface area contributed by atoms with Crippen molar-refractivity contribution in [1.29, 1.82) is 0 Å². The predicted molar refractivity (Wildman–Crippen MR) is 133 cm³/mol. The zero-order valence-corrected chi connectivity index (χ0v) is 20.7. The van der Waals surface area contributed by atoms with E-state index >= 15 is 0 Å². The molecule has 1 amide bonds. The lowest BCUT2D eigenvalue weighted by molar-refractivity contribution is 0.0603. The molecule has 3 aromatic rings. The van der Waals surface area contributed by atoms with Gasteiger partial charge in [-0.05, 0) is 61.6 Å². The van der Waals surface area contributed by atoms with E-state index in [2.05, 4.69) is 43.4 Å². The van der Waals surface area contributed by atoms with Crippen molar-refractivity contribution in [3.05, 3.63) is 61.7 Å². The van der Waals surface area contributed by atoms with E-state index in [4.69, 9.17) is 4.74 Å². The summed E-state index contributed by atoms with van der Waals surface area (Å²) < 4.78 is 5.11. The van der Waals surface area contributed by atoms with Gasteiger partial charge in [0.2, 0.25) is 0 Å². The van der Waals surface area contributed by atoms with Crippen LogP contribution in [0.3, 0.4) is 0 Å². The third-order valence-corrected chi connectivity index (χ3v) is 8.00. The molecule has 6 heteroatoms. The lowest BCUT2D eigenvalue weighted by Gasteiger charge is -2.13. The molecule has 4 rings (SSSR count). The SMILES string of the molecule is COC(=O)c1c(NC(=O)c2csc3c2CCCC3)sc(C)c1-c1ccc(CC(C)C)cc1. The molecule has 0 saturated heterocycles. The van der Waals surface area contributed by atoms with Crippen LogP contribution in [0.25, 0.3) is 11.1 Å². The fourth-order valence-electron chi connectivity index (χ4n) is 4.41. The Balaban J connectivity index is 1.68. The normalized spacial score (nSPS) is 13.2. The molecule has 1 aliphatic rings. The summed E-state index contributed by atoms with van der Waals surface area (Å²) in [6, 6.07) is 8.34. The molecule has 0 bridgehead atoms. The van der Waals surface area contributed by atoms with Crippen molar-refractivity contribution in [2.45, 2.75) is 52.9 Å². The standard InChI is InChI=1S/C26H29NO3S2/c1-15(2)13-17-9-11-18(12-10-17)22-16(3)32-25(23(22)26(29)30-4)27-24(28)20-14-31-21-8-6-5-7-19(20)21/h9-12,14-15H,5-8,13H2,1-4H3,(H,27,28). The first-order valence-corrected chi connectivity index (χ1v) is 12.8. The van der Waals surface area contributed by atoms with Gasteiger partial charge in [-0.3, -0.25) is 4.79 Å². The van der Waals surface area contributed by atoms with Crippen LogP contribution in [0.15, 0.2) is 29.6 Å². The van der Waals surface area contributed by atoms with Crippen LogP contribution in [-0.4, -0.2) is 19.0 Å². The molecule has 2 heterocycles. The maximum absolute atomic E-state index is 13.2. The number of methoxy groups -OCH3 is 1. The Morgan fingerprint density at radius 1 is 1.12 bits per heavy atom. The van der Waals surface area contributed by atoms with Crippen molar-refractivity contribution in [3.8, 4) is 11.1 Å². The second-order valence-corrected chi connectivity index (χ2v) is 10.9. The lowest BCUT2D eigenvalue weighted by atomic mass is 9.95. The third kappa shape index (κ3) is 4.52. The summed E-state index contributed by atoms with van der Waals surface area (Å²) >= 11 is 3.10. The topological polar surface area (TPSA) is 55.4 Å². The number of anilines is 1. The van der Waals surface area contributed by atoms with Gasteiger partial charge in [0, 0.05) is 20.7 Å². The van der Waals surface area contributed by atoms with E-state index in [1.54, 1.807) is 11.3 Å². The summed E-state index contributed by atoms with van der Waals surface area (Å²) in [5.41, 5.74) is 5.41. The number of aryl methyl sites for hydroxylation is 2. The van der Waals surface area contributed by atoms with Crippen LogP contribution in [0, 0.1) is 12.8 Å². The van der Waals surface area contributed by atoms with Crippen LogP contribution >= 0.6 is 22.7 Å². The number of amides is 1. The third-order valence-electron chi connectivity index (χ3n) is 5.89. The van der Waals surface area contributed by atoms with E-state index in [1.165, 1.54) is 40.9 Å². The van der Waals surface area contributed by atoms with E-state index in [0.717, 1.165) is 47.3 Å². The highest BCUT2D eigenvalue weighted by atomic mass is 32.1. The van der Waals surface area contributed by atoms with Crippen LogP contribution in [0.4, 0.5) is 5.00 Å². The Kier molecular flexibility index (Phi) is 6.82. The zero-order chi connectivity index (χ0) is 22.8. The average Bonchev–Trinajstić information content (AvgIpc) is 3.34. The zero-order valence-electron chi connectivity index (χ0n) is 19.0. The van der Waals surface area contributed by atoms with Crippen LogP contribution in [-0.2, 0) is 24.0 Å². The van der Waals surface area contributed by atoms with Gasteiger partial charge in [-0.1, -0.05) is 38.1 Å². The average molecular weight is 468 g/mol. The summed E-state index contributed by atoms with van der Waals surface area (Å²) in [4.78, 5) is 28.3. The summed E-state index contributed by atoms with van der Waals surface area (Å²) in [6.45, 7) is 6.38. The van der Waals surface area contributed by atoms with Crippen molar-refractivity contribution in [2.24, 2.45) is 5.92 Å². The summed E-state index contributed by atoms with van der Waals surface area (Å²) in [7, 11) is 1.38. The van der Waals surface area contributed by atoms with Gasteiger partial charge in [-0.2, -0.15) is 0 Å². The number of esters is 1. The van der Waals surface area contributed by atoms with Crippen molar-refractivity contribution in [2.75, 3.05) is 12.4 Å². The number of hydrogen-bond acceptors (Lipinski definition) is 5. The maximum atomic E-state index is 13.2. The molecule has 0 fully saturated rings. The summed E-state index contributed by atoms with van der Waals surface area (Å²) in [5.74, 6) is 0.00641. The fourth-order valence-corrected chi connectivity index (χ4v) is 6.60. The molecule has 0 unspecified atom stereocenters. The molecule has 1 aliphatic carbocycles. The summed E-state index contributed by atoms with van der Waals surface area (Å²) in [6.07, 6.45) is 5.31. The second kappa shape index (κ2) is 9.59. The first-order chi connectivity index (χ1) is 15.4. The molecule has 0 spiro atoms. The first-order valence-electron chi connectivity index (χ1n) is 11.1. The number of benzene rings is 1. The second-order valence-electron chi connectivity index (χ2n) is 8.74. The van der Waals surface area contributed by atoms with Crippen molar-refractivity contribution >= 4 is 39.6 Å². The van der Waals surface area contributed by atoms with Crippen LogP contribution < -0.4 is 5.32 Å². The molecule has 32 heavy (non-hydrogen) atoms. The highest BCUT2D eigenvalue weighted by molar-refractivity contribution is 7.17. The number of carbonyl (C=O) groups excluding carboxylic acids is 2. The number of nitrogens with one attached hydrogen (secondary N) is 1. The van der Waals surface area contributed by atoms with Gasteiger partial charge in [0.1, 0.15) is 10.6 Å². The number of rotatable bonds is 6. The quantitative estimate of drug-likeness (QED) is 0.401. The van der Waals surface area contributed by atoms with Gasteiger partial charge in [-0.25, -0.2) is 4.79 Å². The molecule has 0 aliphatic heterocycles. The van der Waals surface area contributed by atoms with Crippen LogP contribution in [0.2, 0.25) is 0 Å². The van der Waals surface area contributed by atoms with Crippen molar-refractivity contribution < 1.29 is 14.3 Å². The number of carbonyl (C=O) groups is 2. The van der Waals surface area contributed by atoms with Gasteiger partial charge in [-0.15, -0.1) is 22.7 Å². The van der Waals surface area contributed by atoms with Crippen LogP contribution in [0.1, 0.15) is 68.3 Å². The number of hydrogen-bond donors (Lipinski definition) is 1. The number of ether oxygens (including phenoxy) is 1. The Morgan fingerprint density at radius 2 is 1.84 bits per heavy atom. The molecular formula is C26H29NO3S2. The molecule has 2 aromatic heterocycles. The van der Waals surface area contributed by atoms with E-state index in [1.807, 2.05) is 12.3 Å². The highest BCUT2D eigenvalue weighted by Crippen LogP contribution is 2.41. The predicted octanol–water partition coefficient (Wildman–Crippen LogP) is 6.90. The van der Waals surface area contributed by atoms with E-state index in [9.17, 15) is 9.59 Å². The monoisotopic (exact) mass is 467 g/mol. The van der Waals surface area contributed by atoms with Crippen LogP contribution in [0.5, 0.6) is 0 Å².